The van der Waals surface area contributed by atoms with E-state index in [4.69, 9.17) is 9.47 Å². The fourth-order valence-electron chi connectivity index (χ4n) is 5.62. The molecule has 2 heterocycles. The Morgan fingerprint density at radius 3 is 2.20 bits per heavy atom. The second-order valence-corrected chi connectivity index (χ2v) is 11.3. The summed E-state index contributed by atoms with van der Waals surface area (Å²) in [6.07, 6.45) is -8.23. The van der Waals surface area contributed by atoms with Crippen molar-refractivity contribution in [3.05, 3.63) is 89.2 Å². The Kier molecular flexibility index (Phi) is 11.5. The molecule has 1 fully saturated rings. The molecule has 0 unspecified atom stereocenters. The van der Waals surface area contributed by atoms with Gasteiger partial charge in [-0.05, 0) is 53.8 Å². The van der Waals surface area contributed by atoms with E-state index in [1.807, 2.05) is 38.1 Å². The number of aromatic nitrogens is 1. The maximum atomic E-state index is 13.3. The molecule has 0 bridgehead atoms. The van der Waals surface area contributed by atoms with E-state index in [2.05, 4.69) is 14.8 Å². The molecular formula is C33H37F6N3O4. The number of aliphatic hydroxyl groups is 1. The van der Waals surface area contributed by atoms with Gasteiger partial charge in [-0.15, -0.1) is 0 Å². The maximum absolute atomic E-state index is 13.3. The fourth-order valence-corrected chi connectivity index (χ4v) is 5.62. The summed E-state index contributed by atoms with van der Waals surface area (Å²) in [4.78, 5) is 21.2. The van der Waals surface area contributed by atoms with E-state index in [1.54, 1.807) is 18.5 Å². The van der Waals surface area contributed by atoms with E-state index in [0.717, 1.165) is 35.4 Å². The number of rotatable bonds is 12. The van der Waals surface area contributed by atoms with Crippen LogP contribution in [0.25, 0.3) is 11.1 Å². The van der Waals surface area contributed by atoms with Gasteiger partial charge in [0.15, 0.2) is 0 Å². The van der Waals surface area contributed by atoms with Crippen molar-refractivity contribution in [2.24, 2.45) is 0 Å². The third kappa shape index (κ3) is 8.44. The molecule has 2 aromatic carbocycles. The van der Waals surface area contributed by atoms with E-state index in [1.165, 1.54) is 0 Å². The van der Waals surface area contributed by atoms with Crippen LogP contribution in [0.1, 0.15) is 35.6 Å². The smallest absolute Gasteiger partial charge is 0.430 e. The first kappa shape index (κ1) is 35.3. The Labute approximate surface area is 263 Å². The lowest BCUT2D eigenvalue weighted by molar-refractivity contribution is -0.376. The van der Waals surface area contributed by atoms with Crippen LogP contribution in [0, 0.1) is 6.92 Å². The van der Waals surface area contributed by atoms with Crippen LogP contribution in [-0.2, 0) is 33.0 Å². The van der Waals surface area contributed by atoms with Crippen LogP contribution < -0.4 is 0 Å². The van der Waals surface area contributed by atoms with Crippen molar-refractivity contribution in [2.75, 3.05) is 39.5 Å². The molecule has 0 radical (unpaired) electrons. The molecule has 13 heteroatoms. The normalized spacial score (nSPS) is 16.8. The summed E-state index contributed by atoms with van der Waals surface area (Å²) in [7, 11) is 0. The standard InChI is InChI=1S/C33H37F6N3O4/c1-3-45-16-17-46-30(43)19-28-22-41(14-15-42(28)21-24-10-12-40-13-11-24)20-25-4-9-29(23(2)18-25)26-5-7-27(8-6-26)31(44,32(34,35)36)33(37,38)39/h4-13,18,28,44H,3,14-17,19-22H2,1-2H3/t28-/m1/s1. The minimum atomic E-state index is -5.95. The number of aryl methyl sites for hydroxylation is 1. The Balaban J connectivity index is 1.45. The Hall–Kier alpha value is -3.52. The number of esters is 1. The number of alkyl halides is 6. The van der Waals surface area contributed by atoms with Crippen molar-refractivity contribution in [1.29, 1.82) is 0 Å². The first-order chi connectivity index (χ1) is 21.7. The van der Waals surface area contributed by atoms with Gasteiger partial charge in [0.2, 0.25) is 0 Å². The fraction of sp³-hybridized carbons (Fsp3) is 0.455. The molecule has 4 rings (SSSR count). The zero-order chi connectivity index (χ0) is 33.5. The summed E-state index contributed by atoms with van der Waals surface area (Å²) < 4.78 is 90.3. The number of carbonyl (C=O) groups excluding carboxylic acids is 1. The molecule has 1 aliphatic rings. The summed E-state index contributed by atoms with van der Waals surface area (Å²) in [5.41, 5.74) is -2.42. The first-order valence-corrected chi connectivity index (χ1v) is 14.9. The van der Waals surface area contributed by atoms with E-state index < -0.39 is 23.5 Å². The average molecular weight is 654 g/mol. The maximum Gasteiger partial charge on any atom is 0.430 e. The van der Waals surface area contributed by atoms with E-state index in [-0.39, 0.29) is 25.0 Å². The highest BCUT2D eigenvalue weighted by Gasteiger charge is 2.71. The van der Waals surface area contributed by atoms with Crippen LogP contribution in [0.2, 0.25) is 0 Å². The van der Waals surface area contributed by atoms with Gasteiger partial charge in [0.25, 0.3) is 5.60 Å². The molecule has 0 aliphatic carbocycles. The number of hydrogen-bond acceptors (Lipinski definition) is 7. The number of benzene rings is 2. The molecule has 7 nitrogen and oxygen atoms in total. The number of halogens is 6. The topological polar surface area (TPSA) is 75.1 Å². The largest absolute Gasteiger partial charge is 0.463 e. The molecule has 0 spiro atoms. The average Bonchev–Trinajstić information content (AvgIpc) is 3.00. The molecule has 0 amide bonds. The minimum absolute atomic E-state index is 0.104. The second-order valence-electron chi connectivity index (χ2n) is 11.3. The Morgan fingerprint density at radius 1 is 0.913 bits per heavy atom. The number of hydrogen-bond donors (Lipinski definition) is 1. The number of ether oxygens (including phenoxy) is 2. The third-order valence-corrected chi connectivity index (χ3v) is 8.05. The third-order valence-electron chi connectivity index (χ3n) is 8.05. The first-order valence-electron chi connectivity index (χ1n) is 14.9. The molecular weight excluding hydrogens is 616 g/mol. The van der Waals surface area contributed by atoms with Crippen molar-refractivity contribution < 1.29 is 45.7 Å². The van der Waals surface area contributed by atoms with Gasteiger partial charge in [0.1, 0.15) is 6.61 Å². The highest BCUT2D eigenvalue weighted by atomic mass is 19.4. The lowest BCUT2D eigenvalue weighted by Crippen LogP contribution is -2.53. The van der Waals surface area contributed by atoms with Gasteiger partial charge in [-0.3, -0.25) is 19.6 Å². The van der Waals surface area contributed by atoms with Gasteiger partial charge in [0.05, 0.1) is 13.0 Å². The van der Waals surface area contributed by atoms with Gasteiger partial charge in [-0.25, -0.2) is 0 Å². The van der Waals surface area contributed by atoms with Gasteiger partial charge in [-0.2, -0.15) is 26.3 Å². The minimum Gasteiger partial charge on any atom is -0.463 e. The SMILES string of the molecule is CCOCCOC(=O)C[C@@H]1CN(Cc2ccc(-c3ccc(C(O)(C(F)(F)F)C(F)(F)F)cc3)c(C)c2)CCN1Cc1ccncc1. The van der Waals surface area contributed by atoms with Gasteiger partial charge < -0.3 is 14.6 Å². The van der Waals surface area contributed by atoms with Gasteiger partial charge in [-0.1, -0.05) is 42.5 Å². The molecule has 1 saturated heterocycles. The second kappa shape index (κ2) is 14.9. The highest BCUT2D eigenvalue weighted by molar-refractivity contribution is 5.70. The van der Waals surface area contributed by atoms with Crippen molar-refractivity contribution >= 4 is 5.97 Å². The van der Waals surface area contributed by atoms with Crippen LogP contribution in [-0.4, -0.2) is 83.7 Å². The van der Waals surface area contributed by atoms with Gasteiger partial charge >= 0.3 is 18.3 Å². The summed E-state index contributed by atoms with van der Waals surface area (Å²) in [5, 5.41) is 9.69. The molecule has 1 N–H and O–H groups in total. The van der Waals surface area contributed by atoms with Crippen LogP contribution in [0.5, 0.6) is 0 Å². The van der Waals surface area contributed by atoms with Crippen molar-refractivity contribution in [1.82, 2.24) is 14.8 Å². The molecule has 1 aromatic heterocycles. The lowest BCUT2D eigenvalue weighted by atomic mass is 9.90. The molecule has 1 atom stereocenters. The summed E-state index contributed by atoms with van der Waals surface area (Å²) in [6.45, 7) is 8.02. The van der Waals surface area contributed by atoms with Crippen molar-refractivity contribution in [3.63, 3.8) is 0 Å². The zero-order valence-electron chi connectivity index (χ0n) is 25.6. The number of piperazine rings is 1. The van der Waals surface area contributed by atoms with Gasteiger partial charge in [0, 0.05) is 63.3 Å². The number of pyridine rings is 1. The predicted octanol–water partition coefficient (Wildman–Crippen LogP) is 6.03. The lowest BCUT2D eigenvalue weighted by Gasteiger charge is -2.41. The zero-order valence-corrected chi connectivity index (χ0v) is 25.6. The molecule has 1 aliphatic heterocycles. The molecule has 46 heavy (non-hydrogen) atoms. The predicted molar refractivity (Wildman–Crippen MR) is 158 cm³/mol. The Morgan fingerprint density at radius 2 is 1.59 bits per heavy atom. The molecule has 0 saturated carbocycles. The van der Waals surface area contributed by atoms with Crippen LogP contribution in [0.15, 0.2) is 67.0 Å². The number of carbonyl (C=O) groups is 1. The highest BCUT2D eigenvalue weighted by Crippen LogP contribution is 2.50. The summed E-state index contributed by atoms with van der Waals surface area (Å²) >= 11 is 0. The van der Waals surface area contributed by atoms with Crippen LogP contribution in [0.4, 0.5) is 26.3 Å². The molecule has 3 aromatic rings. The van der Waals surface area contributed by atoms with Crippen molar-refractivity contribution in [3.8, 4) is 11.1 Å². The van der Waals surface area contributed by atoms with Crippen molar-refractivity contribution in [2.45, 2.75) is 57.4 Å². The summed E-state index contributed by atoms with van der Waals surface area (Å²) in [5.74, 6) is -0.304. The quantitative estimate of drug-likeness (QED) is 0.146. The molecule has 250 valence electrons. The monoisotopic (exact) mass is 653 g/mol. The van der Waals surface area contributed by atoms with Crippen LogP contribution in [0.3, 0.4) is 0 Å². The summed E-state index contributed by atoms with van der Waals surface area (Å²) in [6, 6.07) is 12.9. The Bertz CT molecular complexity index is 1420. The van der Waals surface area contributed by atoms with E-state index in [0.29, 0.717) is 62.7 Å². The van der Waals surface area contributed by atoms with E-state index >= 15 is 0 Å². The van der Waals surface area contributed by atoms with E-state index in [9.17, 15) is 36.2 Å². The van der Waals surface area contributed by atoms with Crippen LogP contribution >= 0.6 is 0 Å². The number of nitrogens with zero attached hydrogens (tertiary/aromatic N) is 3.